The SMILES string of the molecule is COc1ccc(OC)c(COC(=O)c2ccc(NC(=O)c3cccs3)cc2)c1. The van der Waals surface area contributed by atoms with Gasteiger partial charge in [-0.25, -0.2) is 4.79 Å². The van der Waals surface area contributed by atoms with Crippen LogP contribution in [-0.2, 0) is 11.3 Å². The highest BCUT2D eigenvalue weighted by Gasteiger charge is 2.12. The Bertz CT molecular complexity index is 951. The Morgan fingerprint density at radius 2 is 1.79 bits per heavy atom. The van der Waals surface area contributed by atoms with Crippen LogP contribution in [0.4, 0.5) is 5.69 Å². The van der Waals surface area contributed by atoms with Gasteiger partial charge in [-0.15, -0.1) is 11.3 Å². The van der Waals surface area contributed by atoms with Crippen LogP contribution in [0.1, 0.15) is 25.6 Å². The third kappa shape index (κ3) is 4.69. The van der Waals surface area contributed by atoms with Gasteiger partial charge in [-0.1, -0.05) is 6.07 Å². The quantitative estimate of drug-likeness (QED) is 0.599. The Hall–Kier alpha value is -3.32. The molecule has 0 aliphatic rings. The smallest absolute Gasteiger partial charge is 0.338 e. The van der Waals surface area contributed by atoms with E-state index in [9.17, 15) is 9.59 Å². The van der Waals surface area contributed by atoms with E-state index in [4.69, 9.17) is 14.2 Å². The topological polar surface area (TPSA) is 73.9 Å². The van der Waals surface area contributed by atoms with Crippen LogP contribution < -0.4 is 14.8 Å². The maximum atomic E-state index is 12.3. The summed E-state index contributed by atoms with van der Waals surface area (Å²) in [4.78, 5) is 25.0. The predicted molar refractivity (Wildman–Crippen MR) is 107 cm³/mol. The summed E-state index contributed by atoms with van der Waals surface area (Å²) in [6, 6.07) is 15.4. The second-order valence-corrected chi connectivity index (χ2v) is 6.71. The van der Waals surface area contributed by atoms with Crippen LogP contribution in [0.25, 0.3) is 0 Å². The Labute approximate surface area is 166 Å². The number of methoxy groups -OCH3 is 2. The number of hydrogen-bond acceptors (Lipinski definition) is 6. The van der Waals surface area contributed by atoms with Crippen molar-refractivity contribution in [1.82, 2.24) is 0 Å². The minimum absolute atomic E-state index is 0.0517. The van der Waals surface area contributed by atoms with E-state index in [1.807, 2.05) is 11.4 Å². The fraction of sp³-hybridized carbons (Fsp3) is 0.143. The van der Waals surface area contributed by atoms with Crippen molar-refractivity contribution in [2.24, 2.45) is 0 Å². The van der Waals surface area contributed by atoms with Gasteiger partial charge in [0.25, 0.3) is 5.91 Å². The van der Waals surface area contributed by atoms with Gasteiger partial charge in [0.05, 0.1) is 24.7 Å². The van der Waals surface area contributed by atoms with Crippen molar-refractivity contribution in [3.63, 3.8) is 0 Å². The number of thiophene rings is 1. The number of carbonyl (C=O) groups excluding carboxylic acids is 2. The normalized spacial score (nSPS) is 10.2. The monoisotopic (exact) mass is 397 g/mol. The van der Waals surface area contributed by atoms with Gasteiger partial charge in [0.15, 0.2) is 0 Å². The summed E-state index contributed by atoms with van der Waals surface area (Å²) in [5, 5.41) is 4.62. The van der Waals surface area contributed by atoms with E-state index in [-0.39, 0.29) is 12.5 Å². The molecule has 1 amide bonds. The fourth-order valence-corrected chi connectivity index (χ4v) is 3.13. The van der Waals surface area contributed by atoms with Gasteiger partial charge in [0.1, 0.15) is 18.1 Å². The first-order chi connectivity index (χ1) is 13.6. The highest BCUT2D eigenvalue weighted by Crippen LogP contribution is 2.25. The highest BCUT2D eigenvalue weighted by molar-refractivity contribution is 7.12. The van der Waals surface area contributed by atoms with E-state index < -0.39 is 5.97 Å². The Morgan fingerprint density at radius 1 is 1.00 bits per heavy atom. The zero-order valence-electron chi connectivity index (χ0n) is 15.4. The average Bonchev–Trinajstić information content (AvgIpc) is 3.27. The van der Waals surface area contributed by atoms with E-state index in [0.717, 1.165) is 0 Å². The van der Waals surface area contributed by atoms with Gasteiger partial charge in [-0.05, 0) is 53.9 Å². The van der Waals surface area contributed by atoms with Crippen molar-refractivity contribution >= 4 is 28.9 Å². The lowest BCUT2D eigenvalue weighted by atomic mass is 10.2. The molecule has 1 N–H and O–H groups in total. The summed E-state index contributed by atoms with van der Waals surface area (Å²) in [5.74, 6) is 0.606. The number of hydrogen-bond donors (Lipinski definition) is 1. The van der Waals surface area contributed by atoms with Crippen LogP contribution in [0, 0.1) is 0 Å². The Balaban J connectivity index is 1.61. The summed E-state index contributed by atoms with van der Waals surface area (Å²) >= 11 is 1.36. The molecule has 0 aliphatic carbocycles. The number of carbonyl (C=O) groups is 2. The first-order valence-electron chi connectivity index (χ1n) is 8.43. The lowest BCUT2D eigenvalue weighted by molar-refractivity contribution is 0.0470. The third-order valence-corrected chi connectivity index (χ3v) is 4.84. The van der Waals surface area contributed by atoms with E-state index in [1.54, 1.807) is 62.8 Å². The second-order valence-electron chi connectivity index (χ2n) is 5.76. The first-order valence-corrected chi connectivity index (χ1v) is 9.31. The molecule has 1 aromatic heterocycles. The molecule has 0 saturated heterocycles. The van der Waals surface area contributed by atoms with E-state index in [0.29, 0.717) is 33.2 Å². The maximum absolute atomic E-state index is 12.3. The lowest BCUT2D eigenvalue weighted by Gasteiger charge is -2.11. The number of ether oxygens (including phenoxy) is 3. The van der Waals surface area contributed by atoms with Gasteiger partial charge < -0.3 is 19.5 Å². The number of anilines is 1. The molecule has 0 radical (unpaired) electrons. The number of rotatable bonds is 7. The highest BCUT2D eigenvalue weighted by atomic mass is 32.1. The molecule has 3 aromatic rings. The van der Waals surface area contributed by atoms with Gasteiger partial charge >= 0.3 is 5.97 Å². The summed E-state index contributed by atoms with van der Waals surface area (Å²) in [7, 11) is 3.12. The van der Waals surface area contributed by atoms with Crippen molar-refractivity contribution in [3.05, 3.63) is 76.0 Å². The maximum Gasteiger partial charge on any atom is 0.338 e. The number of benzene rings is 2. The summed E-state index contributed by atoms with van der Waals surface area (Å²) in [6.45, 7) is 0.0517. The molecule has 0 atom stereocenters. The average molecular weight is 397 g/mol. The molecule has 144 valence electrons. The zero-order chi connectivity index (χ0) is 19.9. The second kappa shape index (κ2) is 9.05. The first kappa shape index (κ1) is 19.4. The molecule has 0 aliphatic heterocycles. The van der Waals surface area contributed by atoms with Crippen LogP contribution in [0.2, 0.25) is 0 Å². The van der Waals surface area contributed by atoms with Crippen LogP contribution >= 0.6 is 11.3 Å². The van der Waals surface area contributed by atoms with Crippen molar-refractivity contribution in [2.75, 3.05) is 19.5 Å². The predicted octanol–water partition coefficient (Wildman–Crippen LogP) is 4.37. The van der Waals surface area contributed by atoms with Crippen LogP contribution in [-0.4, -0.2) is 26.1 Å². The number of nitrogens with one attached hydrogen (secondary N) is 1. The molecule has 0 unspecified atom stereocenters. The number of amides is 1. The molecule has 1 heterocycles. The molecule has 0 saturated carbocycles. The fourth-order valence-electron chi connectivity index (χ4n) is 2.51. The largest absolute Gasteiger partial charge is 0.497 e. The van der Waals surface area contributed by atoms with Crippen molar-refractivity contribution in [1.29, 1.82) is 0 Å². The standard InChI is InChI=1S/C21H19NO5S/c1-25-17-9-10-18(26-2)15(12-17)13-27-21(24)14-5-7-16(8-6-14)22-20(23)19-4-3-11-28-19/h3-12H,13H2,1-2H3,(H,22,23). The van der Waals surface area contributed by atoms with E-state index >= 15 is 0 Å². The van der Waals surface area contributed by atoms with Crippen LogP contribution in [0.3, 0.4) is 0 Å². The third-order valence-electron chi connectivity index (χ3n) is 3.97. The van der Waals surface area contributed by atoms with Gasteiger partial charge in [0.2, 0.25) is 0 Å². The molecule has 0 bridgehead atoms. The molecular weight excluding hydrogens is 378 g/mol. The Morgan fingerprint density at radius 3 is 2.43 bits per heavy atom. The van der Waals surface area contributed by atoms with Crippen molar-refractivity contribution < 1.29 is 23.8 Å². The summed E-state index contributed by atoms with van der Waals surface area (Å²) in [6.07, 6.45) is 0. The minimum Gasteiger partial charge on any atom is -0.497 e. The van der Waals surface area contributed by atoms with Gasteiger partial charge in [-0.3, -0.25) is 4.79 Å². The molecule has 0 spiro atoms. The van der Waals surface area contributed by atoms with Gasteiger partial charge in [-0.2, -0.15) is 0 Å². The molecule has 28 heavy (non-hydrogen) atoms. The molecular formula is C21H19NO5S. The lowest BCUT2D eigenvalue weighted by Crippen LogP contribution is -2.10. The molecule has 6 nitrogen and oxygen atoms in total. The summed E-state index contributed by atoms with van der Waals surface area (Å²) < 4.78 is 15.8. The van der Waals surface area contributed by atoms with Crippen molar-refractivity contribution in [3.8, 4) is 11.5 Å². The minimum atomic E-state index is -0.471. The number of esters is 1. The van der Waals surface area contributed by atoms with E-state index in [1.165, 1.54) is 11.3 Å². The van der Waals surface area contributed by atoms with Crippen molar-refractivity contribution in [2.45, 2.75) is 6.61 Å². The van der Waals surface area contributed by atoms with E-state index in [2.05, 4.69) is 5.32 Å². The Kier molecular flexibility index (Phi) is 6.29. The van der Waals surface area contributed by atoms with Gasteiger partial charge in [0, 0.05) is 11.3 Å². The molecule has 7 heteroatoms. The molecule has 3 rings (SSSR count). The summed E-state index contributed by atoms with van der Waals surface area (Å²) in [5.41, 5.74) is 1.69. The zero-order valence-corrected chi connectivity index (χ0v) is 16.2. The van der Waals surface area contributed by atoms with Crippen LogP contribution in [0.15, 0.2) is 60.0 Å². The molecule has 0 fully saturated rings. The molecule has 2 aromatic carbocycles. The van der Waals surface area contributed by atoms with Crippen LogP contribution in [0.5, 0.6) is 11.5 Å².